The Morgan fingerprint density at radius 2 is 2.13 bits per heavy atom. The van der Waals surface area contributed by atoms with E-state index in [1.807, 2.05) is 0 Å². The number of fused-ring (bicyclic) bond motifs is 2. The molecule has 2 aromatic rings. The van der Waals surface area contributed by atoms with Crippen molar-refractivity contribution >= 4 is 45.1 Å². The van der Waals surface area contributed by atoms with Gasteiger partial charge >= 0.3 is 0 Å². The highest BCUT2D eigenvalue weighted by atomic mass is 35.5. The first-order valence-electron chi connectivity index (χ1n) is 7.36. The van der Waals surface area contributed by atoms with Gasteiger partial charge in [-0.15, -0.1) is 12.4 Å². The van der Waals surface area contributed by atoms with Gasteiger partial charge in [0.05, 0.1) is 10.4 Å². The predicted molar refractivity (Wildman–Crippen MR) is 91.3 cm³/mol. The fraction of sp³-hybridized carbons (Fsp3) is 0.500. The topological polar surface area (TPSA) is 92.1 Å². The number of aromatic nitrogens is 2. The molecule has 1 saturated carbocycles. The van der Waals surface area contributed by atoms with Crippen molar-refractivity contribution in [2.24, 2.45) is 17.6 Å². The lowest BCUT2D eigenvalue weighted by molar-refractivity contribution is 0.427. The molecular formula is C14H18Cl2N4O2S. The summed E-state index contributed by atoms with van der Waals surface area (Å²) in [6.45, 7) is 1.05. The molecule has 3 unspecified atom stereocenters. The summed E-state index contributed by atoms with van der Waals surface area (Å²) in [6, 6.07) is 1.71. The first-order valence-corrected chi connectivity index (χ1v) is 9.17. The smallest absolute Gasteiger partial charge is 0.245 e. The molecule has 1 aliphatic carbocycles. The van der Waals surface area contributed by atoms with Crippen LogP contribution in [0.2, 0.25) is 5.02 Å². The van der Waals surface area contributed by atoms with Crippen molar-refractivity contribution in [3.63, 3.8) is 0 Å². The minimum Gasteiger partial charge on any atom is -0.345 e. The zero-order valence-corrected chi connectivity index (χ0v) is 14.7. The van der Waals surface area contributed by atoms with Gasteiger partial charge in [-0.05, 0) is 30.7 Å². The quantitative estimate of drug-likeness (QED) is 0.837. The molecule has 0 radical (unpaired) electrons. The number of sulfonamides is 1. The van der Waals surface area contributed by atoms with Crippen LogP contribution in [0.25, 0.3) is 11.0 Å². The van der Waals surface area contributed by atoms with Gasteiger partial charge in [0.25, 0.3) is 0 Å². The van der Waals surface area contributed by atoms with E-state index in [1.165, 1.54) is 6.20 Å². The van der Waals surface area contributed by atoms with Crippen molar-refractivity contribution in [2.75, 3.05) is 13.1 Å². The van der Waals surface area contributed by atoms with Gasteiger partial charge in [0, 0.05) is 31.5 Å². The molecule has 2 fully saturated rings. The monoisotopic (exact) mass is 376 g/mol. The third kappa shape index (κ3) is 2.55. The first-order chi connectivity index (χ1) is 10.5. The molecular weight excluding hydrogens is 359 g/mol. The van der Waals surface area contributed by atoms with Crippen LogP contribution < -0.4 is 5.73 Å². The van der Waals surface area contributed by atoms with E-state index in [0.29, 0.717) is 35.1 Å². The number of H-pyrrole nitrogens is 1. The molecule has 2 aliphatic rings. The Morgan fingerprint density at radius 3 is 2.87 bits per heavy atom. The van der Waals surface area contributed by atoms with Gasteiger partial charge in [-0.1, -0.05) is 11.6 Å². The maximum atomic E-state index is 13.0. The molecule has 23 heavy (non-hydrogen) atoms. The lowest BCUT2D eigenvalue weighted by Crippen LogP contribution is -2.33. The highest BCUT2D eigenvalue weighted by Crippen LogP contribution is 2.40. The molecule has 2 aromatic heterocycles. The number of rotatable bonds is 2. The number of pyridine rings is 1. The number of hydrogen-bond acceptors (Lipinski definition) is 4. The SMILES string of the molecule is Cl.NC1CCC2CN(S(=O)(=O)c3c[nH]c4nccc(Cl)c34)CC12. The fourth-order valence-electron chi connectivity index (χ4n) is 3.79. The van der Waals surface area contributed by atoms with Gasteiger partial charge in [-0.25, -0.2) is 13.4 Å². The Morgan fingerprint density at radius 1 is 1.35 bits per heavy atom. The minimum absolute atomic E-state index is 0. The molecule has 0 aromatic carbocycles. The van der Waals surface area contributed by atoms with E-state index in [0.717, 1.165) is 12.8 Å². The summed E-state index contributed by atoms with van der Waals surface area (Å²) >= 11 is 6.17. The first kappa shape index (κ1) is 17.0. The molecule has 9 heteroatoms. The van der Waals surface area contributed by atoms with Crippen molar-refractivity contribution in [3.05, 3.63) is 23.5 Å². The zero-order valence-electron chi connectivity index (χ0n) is 12.3. The Balaban J connectivity index is 0.00000156. The van der Waals surface area contributed by atoms with Crippen LogP contribution in [0.15, 0.2) is 23.4 Å². The number of aromatic amines is 1. The van der Waals surface area contributed by atoms with Crippen LogP contribution in [0, 0.1) is 11.8 Å². The third-order valence-corrected chi connectivity index (χ3v) is 7.15. The van der Waals surface area contributed by atoms with E-state index in [1.54, 1.807) is 16.6 Å². The highest BCUT2D eigenvalue weighted by molar-refractivity contribution is 7.89. The third-order valence-electron chi connectivity index (χ3n) is 4.98. The maximum absolute atomic E-state index is 13.0. The summed E-state index contributed by atoms with van der Waals surface area (Å²) < 4.78 is 27.5. The largest absolute Gasteiger partial charge is 0.345 e. The molecule has 126 valence electrons. The van der Waals surface area contributed by atoms with E-state index in [-0.39, 0.29) is 29.3 Å². The Bertz CT molecular complexity index is 838. The van der Waals surface area contributed by atoms with E-state index < -0.39 is 10.0 Å². The van der Waals surface area contributed by atoms with E-state index in [2.05, 4.69) is 9.97 Å². The molecule has 0 bridgehead atoms. The van der Waals surface area contributed by atoms with Crippen molar-refractivity contribution in [1.82, 2.24) is 14.3 Å². The van der Waals surface area contributed by atoms with Crippen LogP contribution in [-0.4, -0.2) is 41.8 Å². The van der Waals surface area contributed by atoms with Crippen molar-refractivity contribution in [2.45, 2.75) is 23.8 Å². The maximum Gasteiger partial charge on any atom is 0.245 e. The lowest BCUT2D eigenvalue weighted by Gasteiger charge is -2.18. The van der Waals surface area contributed by atoms with E-state index >= 15 is 0 Å². The molecule has 0 amide bonds. The zero-order chi connectivity index (χ0) is 15.5. The number of nitrogens with one attached hydrogen (secondary N) is 1. The van der Waals surface area contributed by atoms with E-state index in [4.69, 9.17) is 17.3 Å². The van der Waals surface area contributed by atoms with Gasteiger partial charge in [0.15, 0.2) is 0 Å². The Hall–Kier alpha value is -0.860. The van der Waals surface area contributed by atoms with Crippen molar-refractivity contribution < 1.29 is 8.42 Å². The normalized spacial score (nSPS) is 28.0. The fourth-order valence-corrected chi connectivity index (χ4v) is 5.80. The predicted octanol–water partition coefficient (Wildman–Crippen LogP) is 2.00. The van der Waals surface area contributed by atoms with Crippen LogP contribution in [0.4, 0.5) is 0 Å². The van der Waals surface area contributed by atoms with Crippen LogP contribution in [-0.2, 0) is 10.0 Å². The highest BCUT2D eigenvalue weighted by Gasteiger charge is 2.45. The number of nitrogens with zero attached hydrogens (tertiary/aromatic N) is 2. The molecule has 1 saturated heterocycles. The number of nitrogens with two attached hydrogens (primary N) is 1. The summed E-state index contributed by atoms with van der Waals surface area (Å²) in [5.74, 6) is 0.650. The van der Waals surface area contributed by atoms with Crippen molar-refractivity contribution in [3.8, 4) is 0 Å². The molecule has 1 aliphatic heterocycles. The van der Waals surface area contributed by atoms with Crippen LogP contribution >= 0.6 is 24.0 Å². The average Bonchev–Trinajstić information content (AvgIpc) is 3.15. The van der Waals surface area contributed by atoms with Gasteiger partial charge in [0.1, 0.15) is 10.5 Å². The standard InChI is InChI=1S/C14H17ClN4O2S.ClH/c15-10-3-4-17-14-13(10)12(5-18-14)22(20,21)19-6-8-1-2-11(16)9(8)7-19;/h3-5,8-9,11H,1-2,6-7,16H2,(H,17,18);1H. The summed E-state index contributed by atoms with van der Waals surface area (Å²) in [5, 5.41) is 0.853. The average molecular weight is 377 g/mol. The second-order valence-corrected chi connectivity index (χ2v) is 8.47. The Labute approximate surface area is 145 Å². The molecule has 6 nitrogen and oxygen atoms in total. The van der Waals surface area contributed by atoms with Crippen LogP contribution in [0.3, 0.4) is 0 Å². The van der Waals surface area contributed by atoms with Gasteiger partial charge in [-0.2, -0.15) is 4.31 Å². The minimum atomic E-state index is -3.59. The second kappa shape index (κ2) is 5.89. The molecule has 3 heterocycles. The summed E-state index contributed by atoms with van der Waals surface area (Å²) in [7, 11) is -3.59. The van der Waals surface area contributed by atoms with Gasteiger partial charge < -0.3 is 10.7 Å². The molecule has 4 rings (SSSR count). The summed E-state index contributed by atoms with van der Waals surface area (Å²) in [5.41, 5.74) is 6.59. The summed E-state index contributed by atoms with van der Waals surface area (Å²) in [4.78, 5) is 7.22. The summed E-state index contributed by atoms with van der Waals surface area (Å²) in [6.07, 6.45) is 5.03. The number of halogens is 2. The van der Waals surface area contributed by atoms with Gasteiger partial charge in [0.2, 0.25) is 10.0 Å². The lowest BCUT2D eigenvalue weighted by atomic mass is 9.98. The second-order valence-electron chi connectivity index (χ2n) is 6.16. The number of hydrogen-bond donors (Lipinski definition) is 2. The van der Waals surface area contributed by atoms with Crippen LogP contribution in [0.5, 0.6) is 0 Å². The van der Waals surface area contributed by atoms with Crippen molar-refractivity contribution in [1.29, 1.82) is 0 Å². The van der Waals surface area contributed by atoms with E-state index in [9.17, 15) is 8.42 Å². The molecule has 0 spiro atoms. The van der Waals surface area contributed by atoms with Gasteiger partial charge in [-0.3, -0.25) is 0 Å². The van der Waals surface area contributed by atoms with Crippen LogP contribution in [0.1, 0.15) is 12.8 Å². The Kier molecular flexibility index (Phi) is 4.35. The molecule has 3 atom stereocenters. The molecule has 3 N–H and O–H groups in total.